The zero-order valence-electron chi connectivity index (χ0n) is 17.1. The van der Waals surface area contributed by atoms with Crippen LogP contribution < -0.4 is 10.6 Å². The highest BCUT2D eigenvalue weighted by Crippen LogP contribution is 2.21. The third kappa shape index (κ3) is 6.02. The Labute approximate surface area is 172 Å². The summed E-state index contributed by atoms with van der Waals surface area (Å²) < 4.78 is 5.55. The van der Waals surface area contributed by atoms with Gasteiger partial charge in [0.15, 0.2) is 5.96 Å². The van der Waals surface area contributed by atoms with Crippen LogP contribution in [-0.2, 0) is 11.2 Å². The maximum Gasteiger partial charge on any atom is 0.191 e. The average Bonchev–Trinajstić information content (AvgIpc) is 3.14. The van der Waals surface area contributed by atoms with Crippen molar-refractivity contribution < 1.29 is 4.74 Å². The second-order valence-corrected chi connectivity index (χ2v) is 8.39. The van der Waals surface area contributed by atoms with Gasteiger partial charge in [0.2, 0.25) is 0 Å². The van der Waals surface area contributed by atoms with Crippen molar-refractivity contribution in [2.45, 2.75) is 26.3 Å². The van der Waals surface area contributed by atoms with E-state index in [-0.39, 0.29) is 0 Å². The lowest BCUT2D eigenvalue weighted by molar-refractivity contribution is 0.0170. The van der Waals surface area contributed by atoms with E-state index in [1.54, 1.807) is 11.3 Å². The lowest BCUT2D eigenvalue weighted by Crippen LogP contribution is -2.46. The summed E-state index contributed by atoms with van der Waals surface area (Å²) in [6, 6.07) is 9.14. The first-order valence-corrected chi connectivity index (χ1v) is 10.7. The van der Waals surface area contributed by atoms with Crippen LogP contribution in [0.5, 0.6) is 0 Å². The van der Waals surface area contributed by atoms with Crippen LogP contribution in [0, 0.1) is 13.8 Å². The normalized spacial score (nSPS) is 16.8. The fourth-order valence-electron chi connectivity index (χ4n) is 3.35. The first kappa shape index (κ1) is 20.8. The summed E-state index contributed by atoms with van der Waals surface area (Å²) >= 11 is 1.75. The molecule has 0 amide bonds. The van der Waals surface area contributed by atoms with E-state index in [1.807, 2.05) is 13.2 Å². The number of thiazole rings is 1. The van der Waals surface area contributed by atoms with E-state index in [0.29, 0.717) is 6.04 Å². The predicted octanol–water partition coefficient (Wildman–Crippen LogP) is 2.54. The van der Waals surface area contributed by atoms with Crippen LogP contribution in [0.2, 0.25) is 0 Å². The lowest BCUT2D eigenvalue weighted by Gasteiger charge is -2.35. The molecular weight excluding hydrogens is 370 g/mol. The molecule has 0 radical (unpaired) electrons. The number of guanidine groups is 1. The van der Waals surface area contributed by atoms with Gasteiger partial charge in [-0.1, -0.05) is 29.8 Å². The molecule has 0 aliphatic carbocycles. The number of morpholine rings is 1. The number of nitrogens with one attached hydrogen (secondary N) is 2. The second-order valence-electron chi connectivity index (χ2n) is 7.07. The molecule has 2 N–H and O–H groups in total. The van der Waals surface area contributed by atoms with Crippen LogP contribution in [0.1, 0.15) is 27.1 Å². The standard InChI is InChI=1S/C21H31N5OS/c1-16-4-6-18(7-5-16)19(26-10-12-27-13-11-26)15-25-21(22-3)23-9-8-20-24-14-17(2)28-20/h4-7,14,19H,8-13,15H2,1-3H3,(H2,22,23,25). The van der Waals surface area contributed by atoms with Gasteiger partial charge in [0.05, 0.1) is 24.3 Å². The minimum Gasteiger partial charge on any atom is -0.379 e. The van der Waals surface area contributed by atoms with Crippen LogP contribution in [0.3, 0.4) is 0 Å². The van der Waals surface area contributed by atoms with Crippen molar-refractivity contribution in [1.82, 2.24) is 20.5 Å². The Bertz CT molecular complexity index is 752. The number of aliphatic imine (C=N–C) groups is 1. The molecule has 2 aromatic rings. The molecule has 0 bridgehead atoms. The quantitative estimate of drug-likeness (QED) is 0.551. The summed E-state index contributed by atoms with van der Waals surface area (Å²) in [4.78, 5) is 12.6. The Balaban J connectivity index is 1.56. The van der Waals surface area contributed by atoms with E-state index in [2.05, 4.69) is 63.6 Å². The molecule has 6 nitrogen and oxygen atoms in total. The number of aromatic nitrogens is 1. The zero-order valence-corrected chi connectivity index (χ0v) is 17.9. The summed E-state index contributed by atoms with van der Waals surface area (Å²) in [6.07, 6.45) is 2.84. The summed E-state index contributed by atoms with van der Waals surface area (Å²) in [5, 5.41) is 8.08. The van der Waals surface area contributed by atoms with Gasteiger partial charge in [-0.3, -0.25) is 9.89 Å². The van der Waals surface area contributed by atoms with Crippen LogP contribution in [-0.4, -0.2) is 62.3 Å². The van der Waals surface area contributed by atoms with Gasteiger partial charge >= 0.3 is 0 Å². The zero-order chi connectivity index (χ0) is 19.8. The number of benzene rings is 1. The summed E-state index contributed by atoms with van der Waals surface area (Å²) in [5.74, 6) is 0.832. The molecule has 1 fully saturated rings. The number of aryl methyl sites for hydroxylation is 2. The van der Waals surface area contributed by atoms with Crippen LogP contribution in [0.15, 0.2) is 35.5 Å². The van der Waals surface area contributed by atoms with E-state index in [9.17, 15) is 0 Å². The largest absolute Gasteiger partial charge is 0.379 e. The smallest absolute Gasteiger partial charge is 0.191 e. The van der Waals surface area contributed by atoms with Crippen molar-refractivity contribution in [2.24, 2.45) is 4.99 Å². The number of rotatable bonds is 7. The third-order valence-corrected chi connectivity index (χ3v) is 5.91. The Morgan fingerprint density at radius 2 is 1.96 bits per heavy atom. The van der Waals surface area contributed by atoms with Crippen LogP contribution in [0.25, 0.3) is 0 Å². The minimum absolute atomic E-state index is 0.296. The molecular formula is C21H31N5OS. The van der Waals surface area contributed by atoms with Crippen molar-refractivity contribution in [1.29, 1.82) is 0 Å². The highest BCUT2D eigenvalue weighted by Gasteiger charge is 2.22. The van der Waals surface area contributed by atoms with Crippen molar-refractivity contribution in [3.05, 3.63) is 51.5 Å². The highest BCUT2D eigenvalue weighted by molar-refractivity contribution is 7.11. The molecule has 1 unspecified atom stereocenters. The molecule has 3 rings (SSSR count). The summed E-state index contributed by atoms with van der Waals surface area (Å²) in [7, 11) is 1.82. The van der Waals surface area contributed by atoms with E-state index >= 15 is 0 Å². The van der Waals surface area contributed by atoms with Crippen molar-refractivity contribution in [2.75, 3.05) is 46.4 Å². The average molecular weight is 402 g/mol. The van der Waals surface area contributed by atoms with Crippen LogP contribution in [0.4, 0.5) is 0 Å². The molecule has 152 valence electrons. The summed E-state index contributed by atoms with van der Waals surface area (Å²) in [6.45, 7) is 9.34. The molecule has 0 spiro atoms. The topological polar surface area (TPSA) is 61.8 Å². The monoisotopic (exact) mass is 401 g/mol. The van der Waals surface area contributed by atoms with Crippen molar-refractivity contribution >= 4 is 17.3 Å². The fourth-order valence-corrected chi connectivity index (χ4v) is 4.14. The first-order chi connectivity index (χ1) is 13.7. The second kappa shape index (κ2) is 10.5. The molecule has 1 aromatic carbocycles. The van der Waals surface area contributed by atoms with Gasteiger partial charge in [-0.05, 0) is 19.4 Å². The maximum absolute atomic E-state index is 5.55. The fraction of sp³-hybridized carbons (Fsp3) is 0.524. The molecule has 1 saturated heterocycles. The molecule has 28 heavy (non-hydrogen) atoms. The van der Waals surface area contributed by atoms with E-state index in [0.717, 1.165) is 56.8 Å². The predicted molar refractivity (Wildman–Crippen MR) is 116 cm³/mol. The minimum atomic E-state index is 0.296. The molecule has 1 aliphatic rings. The number of hydrogen-bond donors (Lipinski definition) is 2. The van der Waals surface area contributed by atoms with Gasteiger partial charge in [0.25, 0.3) is 0 Å². The van der Waals surface area contributed by atoms with Gasteiger partial charge < -0.3 is 15.4 Å². The molecule has 1 aliphatic heterocycles. The lowest BCUT2D eigenvalue weighted by atomic mass is 10.0. The van der Waals surface area contributed by atoms with E-state index in [1.165, 1.54) is 16.0 Å². The number of ether oxygens (including phenoxy) is 1. The Hall–Kier alpha value is -1.96. The molecule has 7 heteroatoms. The van der Waals surface area contributed by atoms with Crippen LogP contribution >= 0.6 is 11.3 Å². The SMILES string of the molecule is CN=C(NCCc1ncc(C)s1)NCC(c1ccc(C)cc1)N1CCOCC1. The number of hydrogen-bond acceptors (Lipinski definition) is 5. The Morgan fingerprint density at radius 3 is 2.61 bits per heavy atom. The van der Waals surface area contributed by atoms with Gasteiger partial charge in [-0.15, -0.1) is 11.3 Å². The van der Waals surface area contributed by atoms with Gasteiger partial charge in [0.1, 0.15) is 0 Å². The van der Waals surface area contributed by atoms with E-state index in [4.69, 9.17) is 4.74 Å². The highest BCUT2D eigenvalue weighted by atomic mass is 32.1. The van der Waals surface area contributed by atoms with Gasteiger partial charge in [-0.25, -0.2) is 4.98 Å². The molecule has 1 aromatic heterocycles. The maximum atomic E-state index is 5.55. The van der Waals surface area contributed by atoms with Gasteiger partial charge in [0, 0.05) is 50.7 Å². The molecule has 2 heterocycles. The third-order valence-electron chi connectivity index (χ3n) is 4.94. The molecule has 0 saturated carbocycles. The van der Waals surface area contributed by atoms with E-state index < -0.39 is 0 Å². The summed E-state index contributed by atoms with van der Waals surface area (Å²) in [5.41, 5.74) is 2.61. The van der Waals surface area contributed by atoms with Gasteiger partial charge in [-0.2, -0.15) is 0 Å². The number of nitrogens with zero attached hydrogens (tertiary/aromatic N) is 3. The molecule has 1 atom stereocenters. The Morgan fingerprint density at radius 1 is 1.21 bits per heavy atom. The Kier molecular flexibility index (Phi) is 7.82. The van der Waals surface area contributed by atoms with Crippen molar-refractivity contribution in [3.63, 3.8) is 0 Å². The first-order valence-electron chi connectivity index (χ1n) is 9.90. The van der Waals surface area contributed by atoms with Crippen molar-refractivity contribution in [3.8, 4) is 0 Å².